The van der Waals surface area contributed by atoms with Gasteiger partial charge < -0.3 is 16.4 Å². The molecule has 0 saturated heterocycles. The fourth-order valence-corrected chi connectivity index (χ4v) is 2.83. The van der Waals surface area contributed by atoms with Crippen LogP contribution in [0.5, 0.6) is 0 Å². The molecule has 0 bridgehead atoms. The Morgan fingerprint density at radius 2 is 1.58 bits per heavy atom. The van der Waals surface area contributed by atoms with Gasteiger partial charge in [0.05, 0.1) is 18.5 Å². The average Bonchev–Trinajstić information content (AvgIpc) is 2.60. The van der Waals surface area contributed by atoms with Gasteiger partial charge in [-0.05, 0) is 29.2 Å². The van der Waals surface area contributed by atoms with E-state index in [1.165, 1.54) is 12.1 Å². The summed E-state index contributed by atoms with van der Waals surface area (Å²) in [6.07, 6.45) is 0.0529. The quantitative estimate of drug-likeness (QED) is 0.709. The Balaban J connectivity index is 2.12. The second kappa shape index (κ2) is 8.99. The third-order valence-electron chi connectivity index (χ3n) is 4.12. The molecule has 0 unspecified atom stereocenters. The van der Waals surface area contributed by atoms with Crippen LogP contribution in [0.4, 0.5) is 9.18 Å². The first-order valence-corrected chi connectivity index (χ1v) is 8.52. The van der Waals surface area contributed by atoms with E-state index in [0.717, 1.165) is 11.1 Å². The Labute approximate surface area is 152 Å². The van der Waals surface area contributed by atoms with Crippen molar-refractivity contribution in [2.75, 3.05) is 0 Å². The number of rotatable bonds is 7. The van der Waals surface area contributed by atoms with Gasteiger partial charge in [-0.3, -0.25) is 4.79 Å². The number of hydrogen-bond acceptors (Lipinski definition) is 2. The molecule has 2 aromatic rings. The van der Waals surface area contributed by atoms with Gasteiger partial charge in [-0.2, -0.15) is 0 Å². The predicted octanol–water partition coefficient (Wildman–Crippen LogP) is 3.44. The van der Waals surface area contributed by atoms with E-state index in [1.54, 1.807) is 12.1 Å². The smallest absolute Gasteiger partial charge is 0.312 e. The molecule has 0 fully saturated rings. The van der Waals surface area contributed by atoms with E-state index in [2.05, 4.69) is 10.6 Å². The van der Waals surface area contributed by atoms with Crippen molar-refractivity contribution in [1.29, 1.82) is 0 Å². The molecule has 0 heterocycles. The molecule has 2 aromatic carbocycles. The predicted molar refractivity (Wildman–Crippen MR) is 98.6 cm³/mol. The van der Waals surface area contributed by atoms with E-state index in [-0.39, 0.29) is 30.1 Å². The Hall–Kier alpha value is -2.89. The van der Waals surface area contributed by atoms with Crippen molar-refractivity contribution in [2.24, 2.45) is 11.7 Å². The van der Waals surface area contributed by atoms with Gasteiger partial charge in [0.25, 0.3) is 0 Å². The van der Waals surface area contributed by atoms with E-state index in [0.29, 0.717) is 0 Å². The van der Waals surface area contributed by atoms with Gasteiger partial charge in [0.15, 0.2) is 0 Å². The first-order valence-electron chi connectivity index (χ1n) is 8.52. The molecule has 2 atom stereocenters. The van der Waals surface area contributed by atoms with Gasteiger partial charge in [0, 0.05) is 0 Å². The van der Waals surface area contributed by atoms with Gasteiger partial charge in [0.2, 0.25) is 5.91 Å². The van der Waals surface area contributed by atoms with Gasteiger partial charge in [-0.15, -0.1) is 0 Å². The Bertz CT molecular complexity index is 732. The zero-order valence-electron chi connectivity index (χ0n) is 14.9. The molecular weight excluding hydrogens is 333 g/mol. The summed E-state index contributed by atoms with van der Waals surface area (Å²) < 4.78 is 13.2. The van der Waals surface area contributed by atoms with Crippen LogP contribution in [0.3, 0.4) is 0 Å². The highest BCUT2D eigenvalue weighted by Gasteiger charge is 2.22. The second-order valence-corrected chi connectivity index (χ2v) is 6.52. The number of primary amides is 1. The highest BCUT2D eigenvalue weighted by Crippen LogP contribution is 2.23. The summed E-state index contributed by atoms with van der Waals surface area (Å²) in [6, 6.07) is 13.8. The summed E-state index contributed by atoms with van der Waals surface area (Å²) in [6.45, 7) is 3.95. The summed E-state index contributed by atoms with van der Waals surface area (Å²) in [5, 5.41) is 5.58. The third kappa shape index (κ3) is 5.58. The lowest BCUT2D eigenvalue weighted by Gasteiger charge is -2.25. The lowest BCUT2D eigenvalue weighted by Crippen LogP contribution is -2.38. The zero-order chi connectivity index (χ0) is 19.1. The van der Waals surface area contributed by atoms with Crippen LogP contribution >= 0.6 is 0 Å². The van der Waals surface area contributed by atoms with Gasteiger partial charge in [0.1, 0.15) is 5.82 Å². The first-order chi connectivity index (χ1) is 12.4. The van der Waals surface area contributed by atoms with Crippen LogP contribution in [0, 0.1) is 11.7 Å². The zero-order valence-corrected chi connectivity index (χ0v) is 14.9. The van der Waals surface area contributed by atoms with Crippen molar-refractivity contribution in [2.45, 2.75) is 32.4 Å². The molecule has 0 aromatic heterocycles. The largest absolute Gasteiger partial charge is 0.352 e. The van der Waals surface area contributed by atoms with E-state index in [4.69, 9.17) is 5.73 Å². The Morgan fingerprint density at radius 3 is 2.12 bits per heavy atom. The number of urea groups is 1. The molecule has 4 N–H and O–H groups in total. The number of nitrogens with two attached hydrogens (primary N) is 1. The van der Waals surface area contributed by atoms with Crippen LogP contribution in [-0.2, 0) is 4.79 Å². The summed E-state index contributed by atoms with van der Waals surface area (Å²) in [4.78, 5) is 23.9. The molecule has 26 heavy (non-hydrogen) atoms. The van der Waals surface area contributed by atoms with Crippen molar-refractivity contribution in [3.63, 3.8) is 0 Å². The number of carbonyl (C=O) groups excluding carboxylic acids is 2. The second-order valence-electron chi connectivity index (χ2n) is 6.52. The van der Waals surface area contributed by atoms with Crippen molar-refractivity contribution >= 4 is 11.9 Å². The highest BCUT2D eigenvalue weighted by atomic mass is 19.1. The monoisotopic (exact) mass is 357 g/mol. The van der Waals surface area contributed by atoms with Crippen molar-refractivity contribution in [3.8, 4) is 0 Å². The van der Waals surface area contributed by atoms with Gasteiger partial charge in [-0.25, -0.2) is 9.18 Å². The van der Waals surface area contributed by atoms with Crippen LogP contribution in [0.15, 0.2) is 54.6 Å². The maximum Gasteiger partial charge on any atom is 0.312 e. The number of benzene rings is 2. The normalized spacial score (nSPS) is 13.1. The molecule has 0 radical (unpaired) electrons. The fraction of sp³-hybridized carbons (Fsp3) is 0.300. The molecule has 0 saturated carbocycles. The number of halogens is 1. The highest BCUT2D eigenvalue weighted by molar-refractivity contribution is 5.79. The summed E-state index contributed by atoms with van der Waals surface area (Å²) in [5.41, 5.74) is 6.87. The molecule has 138 valence electrons. The number of nitrogens with one attached hydrogen (secondary N) is 2. The Morgan fingerprint density at radius 1 is 0.962 bits per heavy atom. The van der Waals surface area contributed by atoms with Crippen LogP contribution in [0.1, 0.15) is 43.5 Å². The number of amides is 3. The van der Waals surface area contributed by atoms with E-state index in [9.17, 15) is 14.0 Å². The topological polar surface area (TPSA) is 84.2 Å². The lowest BCUT2D eigenvalue weighted by atomic mass is 9.95. The maximum atomic E-state index is 13.2. The SMILES string of the molecule is CC(C)[C@H](NC(=O)C[C@H](NC(N)=O)c1ccccc1)c1ccc(F)cc1. The van der Waals surface area contributed by atoms with Crippen molar-refractivity contribution < 1.29 is 14.0 Å². The molecule has 6 heteroatoms. The van der Waals surface area contributed by atoms with Crippen molar-refractivity contribution in [1.82, 2.24) is 10.6 Å². The third-order valence-corrected chi connectivity index (χ3v) is 4.12. The summed E-state index contributed by atoms with van der Waals surface area (Å²) >= 11 is 0. The first kappa shape index (κ1) is 19.4. The maximum absolute atomic E-state index is 13.2. The molecule has 0 aliphatic heterocycles. The fourth-order valence-electron chi connectivity index (χ4n) is 2.83. The average molecular weight is 357 g/mol. The van der Waals surface area contributed by atoms with Crippen LogP contribution in [0.2, 0.25) is 0 Å². The minimum absolute atomic E-state index is 0.0529. The van der Waals surface area contributed by atoms with E-state index >= 15 is 0 Å². The summed E-state index contributed by atoms with van der Waals surface area (Å²) in [5.74, 6) is -0.434. The molecule has 0 aliphatic carbocycles. The van der Waals surface area contributed by atoms with Crippen molar-refractivity contribution in [3.05, 3.63) is 71.5 Å². The van der Waals surface area contributed by atoms with E-state index < -0.39 is 12.1 Å². The van der Waals surface area contributed by atoms with Crippen LogP contribution in [0.25, 0.3) is 0 Å². The molecule has 2 rings (SSSR count). The number of carbonyl (C=O) groups is 2. The minimum Gasteiger partial charge on any atom is -0.352 e. The molecule has 5 nitrogen and oxygen atoms in total. The van der Waals surface area contributed by atoms with Gasteiger partial charge in [-0.1, -0.05) is 56.3 Å². The number of hydrogen-bond donors (Lipinski definition) is 3. The van der Waals surface area contributed by atoms with Crippen LogP contribution < -0.4 is 16.4 Å². The van der Waals surface area contributed by atoms with E-state index in [1.807, 2.05) is 44.2 Å². The molecule has 0 aliphatic rings. The lowest BCUT2D eigenvalue weighted by molar-refractivity contribution is -0.122. The molecule has 0 spiro atoms. The minimum atomic E-state index is -0.689. The molecule has 3 amide bonds. The standard InChI is InChI=1S/C20H24FN3O2/c1-13(2)19(15-8-10-16(21)11-9-15)24-18(25)12-17(23-20(22)26)14-6-4-3-5-7-14/h3-11,13,17,19H,12H2,1-2H3,(H,24,25)(H3,22,23,26)/t17-,19-/m0/s1. The Kier molecular flexibility index (Phi) is 6.72. The van der Waals surface area contributed by atoms with Crippen LogP contribution in [-0.4, -0.2) is 11.9 Å². The summed E-state index contributed by atoms with van der Waals surface area (Å²) in [7, 11) is 0. The van der Waals surface area contributed by atoms with Gasteiger partial charge >= 0.3 is 6.03 Å². The molecular formula is C20H24FN3O2.